The zero-order valence-corrected chi connectivity index (χ0v) is 15.8. The zero-order chi connectivity index (χ0) is 19.4. The van der Waals surface area contributed by atoms with E-state index < -0.39 is 27.3 Å². The van der Waals surface area contributed by atoms with Gasteiger partial charge in [-0.15, -0.1) is 0 Å². The van der Waals surface area contributed by atoms with Crippen LogP contribution >= 0.6 is 11.6 Å². The molecule has 0 unspecified atom stereocenters. The van der Waals surface area contributed by atoms with Gasteiger partial charge in [-0.05, 0) is 23.8 Å². The Morgan fingerprint density at radius 2 is 1.93 bits per heavy atom. The molecule has 3 rings (SSSR count). The summed E-state index contributed by atoms with van der Waals surface area (Å²) in [7, 11) is -3.75. The standard InChI is InChI=1S/C18H17ClFNO5S/c19-14-7-12(8-16-18(14)26-6-5-25-16)10-27(23,24)11-17(22)21-9-13-3-1-2-4-15(13)20/h1-4,7-8H,5-6,9-11H2,(H,21,22). The van der Waals surface area contributed by atoms with E-state index in [1.165, 1.54) is 30.3 Å². The zero-order valence-electron chi connectivity index (χ0n) is 14.2. The van der Waals surface area contributed by atoms with Crippen molar-refractivity contribution in [1.82, 2.24) is 5.32 Å². The van der Waals surface area contributed by atoms with Gasteiger partial charge in [0.15, 0.2) is 21.3 Å². The molecule has 1 aliphatic rings. The maximum atomic E-state index is 13.5. The molecular formula is C18H17ClFNO5S. The van der Waals surface area contributed by atoms with Crippen molar-refractivity contribution in [2.24, 2.45) is 0 Å². The molecule has 0 aliphatic carbocycles. The van der Waals surface area contributed by atoms with Crippen LogP contribution in [0.25, 0.3) is 0 Å². The molecule has 9 heteroatoms. The molecule has 0 bridgehead atoms. The number of carbonyl (C=O) groups is 1. The van der Waals surface area contributed by atoms with Gasteiger partial charge in [0.25, 0.3) is 0 Å². The number of amides is 1. The molecule has 0 saturated carbocycles. The predicted octanol–water partition coefficient (Wildman–Crippen LogP) is 2.48. The van der Waals surface area contributed by atoms with Crippen molar-refractivity contribution in [3.05, 3.63) is 58.4 Å². The van der Waals surface area contributed by atoms with Gasteiger partial charge in [0.05, 0.1) is 10.8 Å². The number of benzene rings is 2. The van der Waals surface area contributed by atoms with Gasteiger partial charge in [-0.2, -0.15) is 0 Å². The van der Waals surface area contributed by atoms with E-state index in [1.807, 2.05) is 0 Å². The van der Waals surface area contributed by atoms with Crippen LogP contribution in [0.2, 0.25) is 5.02 Å². The number of ether oxygens (including phenoxy) is 2. The van der Waals surface area contributed by atoms with Crippen LogP contribution in [0.5, 0.6) is 11.5 Å². The van der Waals surface area contributed by atoms with Gasteiger partial charge in [0.2, 0.25) is 5.91 Å². The van der Waals surface area contributed by atoms with Crippen molar-refractivity contribution in [2.75, 3.05) is 19.0 Å². The number of hydrogen-bond donors (Lipinski definition) is 1. The molecule has 1 aliphatic heterocycles. The quantitative estimate of drug-likeness (QED) is 0.786. The van der Waals surface area contributed by atoms with E-state index in [9.17, 15) is 17.6 Å². The number of sulfone groups is 1. The van der Waals surface area contributed by atoms with Gasteiger partial charge < -0.3 is 14.8 Å². The lowest BCUT2D eigenvalue weighted by molar-refractivity contribution is -0.118. The third-order valence-corrected chi connectivity index (χ3v) is 5.58. The Labute approximate surface area is 161 Å². The van der Waals surface area contributed by atoms with Crippen LogP contribution in [0.15, 0.2) is 36.4 Å². The van der Waals surface area contributed by atoms with Crippen LogP contribution in [-0.4, -0.2) is 33.3 Å². The summed E-state index contributed by atoms with van der Waals surface area (Å²) in [5.74, 6) is -1.51. The maximum absolute atomic E-state index is 13.5. The molecule has 0 radical (unpaired) electrons. The van der Waals surface area contributed by atoms with Crippen molar-refractivity contribution in [2.45, 2.75) is 12.3 Å². The van der Waals surface area contributed by atoms with Crippen molar-refractivity contribution >= 4 is 27.3 Å². The highest BCUT2D eigenvalue weighted by atomic mass is 35.5. The molecule has 0 spiro atoms. The van der Waals surface area contributed by atoms with Crippen LogP contribution in [0.4, 0.5) is 4.39 Å². The number of rotatable bonds is 6. The number of halogens is 2. The lowest BCUT2D eigenvalue weighted by Gasteiger charge is -2.20. The van der Waals surface area contributed by atoms with E-state index in [-0.39, 0.29) is 22.9 Å². The molecule has 0 saturated heterocycles. The van der Waals surface area contributed by atoms with E-state index in [0.717, 1.165) is 0 Å². The molecule has 0 fully saturated rings. The highest BCUT2D eigenvalue weighted by Gasteiger charge is 2.22. The van der Waals surface area contributed by atoms with Crippen LogP contribution in [-0.2, 0) is 26.9 Å². The number of carbonyl (C=O) groups excluding carboxylic acids is 1. The average molecular weight is 414 g/mol. The molecule has 2 aromatic rings. The fourth-order valence-corrected chi connectivity index (χ4v) is 4.20. The summed E-state index contributed by atoms with van der Waals surface area (Å²) >= 11 is 6.10. The lowest BCUT2D eigenvalue weighted by Crippen LogP contribution is -2.30. The minimum absolute atomic E-state index is 0.0864. The Balaban J connectivity index is 1.62. The smallest absolute Gasteiger partial charge is 0.235 e. The highest BCUT2D eigenvalue weighted by Crippen LogP contribution is 2.38. The summed E-state index contributed by atoms with van der Waals surface area (Å²) in [6.07, 6.45) is 0. The van der Waals surface area contributed by atoms with E-state index in [2.05, 4.69) is 5.32 Å². The number of hydrogen-bond acceptors (Lipinski definition) is 5. The molecule has 1 N–H and O–H groups in total. The SMILES string of the molecule is O=C(CS(=O)(=O)Cc1cc(Cl)c2c(c1)OCCO2)NCc1ccccc1F. The van der Waals surface area contributed by atoms with Crippen molar-refractivity contribution in [1.29, 1.82) is 0 Å². The molecule has 27 heavy (non-hydrogen) atoms. The van der Waals surface area contributed by atoms with Gasteiger partial charge in [0, 0.05) is 12.1 Å². The van der Waals surface area contributed by atoms with Crippen molar-refractivity contribution in [3.63, 3.8) is 0 Å². The average Bonchev–Trinajstić information content (AvgIpc) is 2.60. The summed E-state index contributed by atoms with van der Waals surface area (Å²) < 4.78 is 49.0. The Bertz CT molecular complexity index is 964. The fraction of sp³-hybridized carbons (Fsp3) is 0.278. The van der Waals surface area contributed by atoms with Crippen LogP contribution < -0.4 is 14.8 Å². The molecular weight excluding hydrogens is 397 g/mol. The van der Waals surface area contributed by atoms with E-state index in [4.69, 9.17) is 21.1 Å². The number of nitrogens with one attached hydrogen (secondary N) is 1. The Hall–Kier alpha value is -2.32. The van der Waals surface area contributed by atoms with Gasteiger partial charge in [-0.25, -0.2) is 12.8 Å². The highest BCUT2D eigenvalue weighted by molar-refractivity contribution is 7.91. The Morgan fingerprint density at radius 3 is 2.70 bits per heavy atom. The first kappa shape index (κ1) is 19.4. The van der Waals surface area contributed by atoms with Gasteiger partial charge in [-0.3, -0.25) is 4.79 Å². The third-order valence-electron chi connectivity index (χ3n) is 3.83. The van der Waals surface area contributed by atoms with Crippen LogP contribution in [0.3, 0.4) is 0 Å². The molecule has 144 valence electrons. The molecule has 0 aromatic heterocycles. The molecule has 1 amide bonds. The first-order valence-corrected chi connectivity index (χ1v) is 10.3. The number of fused-ring (bicyclic) bond motifs is 1. The summed E-state index contributed by atoms with van der Waals surface area (Å²) in [5.41, 5.74) is 0.674. The third kappa shape index (κ3) is 5.11. The van der Waals surface area contributed by atoms with Gasteiger partial charge in [0.1, 0.15) is 24.8 Å². The molecule has 2 aromatic carbocycles. The second kappa shape index (κ2) is 8.14. The van der Waals surface area contributed by atoms with Gasteiger partial charge >= 0.3 is 0 Å². The Kier molecular flexibility index (Phi) is 5.86. The first-order valence-electron chi connectivity index (χ1n) is 8.12. The summed E-state index contributed by atoms with van der Waals surface area (Å²) in [6, 6.07) is 8.96. The van der Waals surface area contributed by atoms with E-state index in [1.54, 1.807) is 6.07 Å². The van der Waals surface area contributed by atoms with Crippen LogP contribution in [0.1, 0.15) is 11.1 Å². The summed E-state index contributed by atoms with van der Waals surface area (Å²) in [5, 5.41) is 2.67. The maximum Gasteiger partial charge on any atom is 0.235 e. The summed E-state index contributed by atoms with van der Waals surface area (Å²) in [4.78, 5) is 11.9. The lowest BCUT2D eigenvalue weighted by atomic mass is 10.2. The molecule has 1 heterocycles. The minimum atomic E-state index is -3.75. The van der Waals surface area contributed by atoms with E-state index >= 15 is 0 Å². The first-order chi connectivity index (χ1) is 12.8. The topological polar surface area (TPSA) is 81.7 Å². The van der Waals surface area contributed by atoms with Crippen LogP contribution in [0, 0.1) is 5.82 Å². The minimum Gasteiger partial charge on any atom is -0.486 e. The molecule has 0 atom stereocenters. The van der Waals surface area contributed by atoms with Crippen molar-refractivity contribution in [3.8, 4) is 11.5 Å². The predicted molar refractivity (Wildman–Crippen MR) is 98.2 cm³/mol. The second-order valence-corrected chi connectivity index (χ2v) is 8.47. The largest absolute Gasteiger partial charge is 0.486 e. The summed E-state index contributed by atoms with van der Waals surface area (Å²) in [6.45, 7) is 0.626. The monoisotopic (exact) mass is 413 g/mol. The van der Waals surface area contributed by atoms with Gasteiger partial charge in [-0.1, -0.05) is 29.8 Å². The van der Waals surface area contributed by atoms with Crippen molar-refractivity contribution < 1.29 is 27.1 Å². The second-order valence-electron chi connectivity index (χ2n) is 6.00. The normalized spacial score (nSPS) is 13.3. The fourth-order valence-electron chi connectivity index (χ4n) is 2.64. The molecule has 6 nitrogen and oxygen atoms in total. The Morgan fingerprint density at radius 1 is 1.19 bits per heavy atom. The van der Waals surface area contributed by atoms with E-state index in [0.29, 0.717) is 30.3 Å².